The summed E-state index contributed by atoms with van der Waals surface area (Å²) in [6, 6.07) is 0. The zero-order valence-corrected chi connectivity index (χ0v) is 17.3. The lowest BCUT2D eigenvalue weighted by Gasteiger charge is -2.20. The molecule has 5 nitrogen and oxygen atoms in total. The van der Waals surface area contributed by atoms with E-state index in [0.29, 0.717) is 8.95 Å². The van der Waals surface area contributed by atoms with Crippen LogP contribution in [0, 0.1) is 0 Å². The predicted octanol–water partition coefficient (Wildman–Crippen LogP) is 4.76. The van der Waals surface area contributed by atoms with Crippen LogP contribution in [-0.4, -0.2) is 22.3 Å². The van der Waals surface area contributed by atoms with Gasteiger partial charge in [-0.1, -0.05) is 6.92 Å². The average Bonchev–Trinajstić information content (AvgIpc) is 2.39. The molecule has 1 rings (SSSR count). The molecule has 0 saturated carbocycles. The molecule has 0 amide bonds. The van der Waals surface area contributed by atoms with E-state index in [-0.39, 0.29) is 20.9 Å². The monoisotopic (exact) mass is 569 g/mol. The molecular formula is C11H6Br4ClO5. The van der Waals surface area contributed by atoms with Gasteiger partial charge in [-0.2, -0.15) is 0 Å². The van der Waals surface area contributed by atoms with E-state index in [1.54, 1.807) is 0 Å². The summed E-state index contributed by atoms with van der Waals surface area (Å²) < 4.78 is 5.64. The van der Waals surface area contributed by atoms with Crippen LogP contribution < -0.4 is 0 Å². The number of halogens is 5. The molecule has 0 aliphatic rings. The summed E-state index contributed by atoms with van der Waals surface area (Å²) in [5.74, 6) is -2.72. The Hall–Kier alpha value is 0.330. The van der Waals surface area contributed by atoms with E-state index in [0.717, 1.165) is 0 Å². The highest BCUT2D eigenvalue weighted by molar-refractivity contribution is 9.15. The van der Waals surface area contributed by atoms with Crippen molar-refractivity contribution in [3.8, 4) is 0 Å². The molecule has 1 radical (unpaired) electrons. The quantitative estimate of drug-likeness (QED) is 0.185. The summed E-state index contributed by atoms with van der Waals surface area (Å²) in [4.78, 5) is 23.4. The number of aliphatic hydroxyl groups is 1. The largest absolute Gasteiger partial charge is 0.415 e. The molecule has 0 aliphatic carbocycles. The number of hydrogen-bond donors (Lipinski definition) is 1. The Morgan fingerprint density at radius 3 is 1.90 bits per heavy atom. The number of carbonyl (C=O) groups is 2. The second kappa shape index (κ2) is 7.27. The van der Waals surface area contributed by atoms with E-state index in [1.807, 2.05) is 0 Å². The molecular weight excluding hydrogens is 567 g/mol. The summed E-state index contributed by atoms with van der Waals surface area (Å²) in [6.45, 7) is 1.49. The van der Waals surface area contributed by atoms with Crippen LogP contribution in [0.15, 0.2) is 17.9 Å². The van der Waals surface area contributed by atoms with Crippen molar-refractivity contribution in [2.45, 2.75) is 18.6 Å². The van der Waals surface area contributed by atoms with Gasteiger partial charge in [-0.05, 0) is 75.3 Å². The minimum absolute atomic E-state index is 0.0825. The van der Waals surface area contributed by atoms with Crippen LogP contribution in [0.3, 0.4) is 0 Å². The number of alkyl halides is 1. The first-order chi connectivity index (χ1) is 9.53. The minimum atomic E-state index is -2.23. The first kappa shape index (κ1) is 19.4. The Balaban J connectivity index is 3.55. The highest BCUT2D eigenvalue weighted by atomic mass is 79.9. The van der Waals surface area contributed by atoms with E-state index < -0.39 is 22.7 Å². The lowest BCUT2D eigenvalue weighted by molar-refractivity contribution is -0.101. The van der Waals surface area contributed by atoms with Crippen molar-refractivity contribution in [3.05, 3.63) is 29.0 Å². The average molecular weight is 573 g/mol. The number of hydrogen-bond acceptors (Lipinski definition) is 4. The second-order valence-corrected chi connectivity index (χ2v) is 7.49. The molecule has 0 heterocycles. The number of rotatable bonds is 4. The minimum Gasteiger partial charge on any atom is -0.415 e. The molecule has 1 atom stereocenters. The van der Waals surface area contributed by atoms with E-state index in [2.05, 4.69) is 63.7 Å². The predicted molar refractivity (Wildman–Crippen MR) is 88.8 cm³/mol. The third-order valence-electron chi connectivity index (χ3n) is 2.36. The zero-order valence-electron chi connectivity index (χ0n) is 10.2. The molecule has 21 heavy (non-hydrogen) atoms. The van der Waals surface area contributed by atoms with Crippen LogP contribution in [0.4, 0.5) is 0 Å². The van der Waals surface area contributed by atoms with Gasteiger partial charge in [-0.3, -0.25) is 0 Å². The van der Waals surface area contributed by atoms with Crippen LogP contribution in [0.25, 0.3) is 0 Å². The van der Waals surface area contributed by atoms with E-state index in [4.69, 9.17) is 16.3 Å². The van der Waals surface area contributed by atoms with Crippen molar-refractivity contribution in [1.29, 1.82) is 0 Å². The number of benzene rings is 1. The molecule has 0 aliphatic heterocycles. The summed E-state index contributed by atoms with van der Waals surface area (Å²) >= 11 is 18.1. The van der Waals surface area contributed by atoms with Gasteiger partial charge in [0.05, 0.1) is 11.1 Å². The number of ether oxygens (including phenoxy) is 1. The topological polar surface area (TPSA) is 83.5 Å². The van der Waals surface area contributed by atoms with Crippen LogP contribution in [0.1, 0.15) is 34.1 Å². The van der Waals surface area contributed by atoms with Crippen molar-refractivity contribution in [1.82, 2.24) is 0 Å². The van der Waals surface area contributed by atoms with Crippen LogP contribution >= 0.6 is 75.3 Å². The number of esters is 1. The zero-order chi connectivity index (χ0) is 16.5. The van der Waals surface area contributed by atoms with Gasteiger partial charge in [0.1, 0.15) is 0 Å². The molecule has 0 fully saturated rings. The van der Waals surface area contributed by atoms with Crippen molar-refractivity contribution in [3.63, 3.8) is 0 Å². The lowest BCUT2D eigenvalue weighted by Crippen LogP contribution is -2.28. The van der Waals surface area contributed by atoms with Crippen LogP contribution in [0.2, 0.25) is 0 Å². The van der Waals surface area contributed by atoms with Gasteiger partial charge in [-0.25, -0.2) is 14.7 Å². The summed E-state index contributed by atoms with van der Waals surface area (Å²) in [6.07, 6.45) is -0.0859. The smallest absolute Gasteiger partial charge is 0.388 e. The van der Waals surface area contributed by atoms with Gasteiger partial charge in [0, 0.05) is 24.3 Å². The van der Waals surface area contributed by atoms with Crippen molar-refractivity contribution >= 4 is 87.3 Å². The molecule has 1 unspecified atom stereocenters. The standard InChI is InChI=1S/C11H6Br4ClO5/c1-2-11(16,20)21-10(19)4-3(9(17)18)5(12)7(14)8(15)6(4)13/h20H,2H2,1H3. The highest BCUT2D eigenvalue weighted by Gasteiger charge is 2.34. The van der Waals surface area contributed by atoms with Crippen LogP contribution in [0.5, 0.6) is 0 Å². The molecule has 0 aromatic heterocycles. The molecule has 10 heteroatoms. The Labute approximate surface area is 158 Å². The maximum Gasteiger partial charge on any atom is 0.388 e. The van der Waals surface area contributed by atoms with E-state index in [1.165, 1.54) is 6.92 Å². The Morgan fingerprint density at radius 2 is 1.52 bits per heavy atom. The van der Waals surface area contributed by atoms with Crippen molar-refractivity contribution in [2.24, 2.45) is 0 Å². The fraction of sp³-hybridized carbons (Fsp3) is 0.273. The first-order valence-electron chi connectivity index (χ1n) is 5.25. The van der Waals surface area contributed by atoms with Gasteiger partial charge in [0.25, 0.3) is 5.25 Å². The molecule has 0 spiro atoms. The summed E-state index contributed by atoms with van der Waals surface area (Å²) in [5.41, 5.74) is -0.782. The fourth-order valence-electron chi connectivity index (χ4n) is 1.28. The number of carbonyl (C=O) groups excluding carboxylic acids is 2. The van der Waals surface area contributed by atoms with Gasteiger partial charge < -0.3 is 9.84 Å². The van der Waals surface area contributed by atoms with Gasteiger partial charge >= 0.3 is 11.9 Å². The highest BCUT2D eigenvalue weighted by Crippen LogP contribution is 2.42. The third kappa shape index (κ3) is 4.20. The van der Waals surface area contributed by atoms with E-state index >= 15 is 0 Å². The normalized spacial score (nSPS) is 13.7. The molecule has 0 bridgehead atoms. The molecule has 1 N–H and O–H groups in total. The fourth-order valence-corrected chi connectivity index (χ4v) is 3.79. The lowest BCUT2D eigenvalue weighted by atomic mass is 10.1. The summed E-state index contributed by atoms with van der Waals surface area (Å²) in [5, 5.41) is 18.6. The van der Waals surface area contributed by atoms with Gasteiger partial charge in [0.15, 0.2) is 0 Å². The Bertz CT molecular complexity index is 617. The van der Waals surface area contributed by atoms with Gasteiger partial charge in [-0.15, -0.1) is 0 Å². The molecule has 115 valence electrons. The summed E-state index contributed by atoms with van der Waals surface area (Å²) in [7, 11) is 0. The maximum atomic E-state index is 12.1. The SMILES string of the molecule is CCC(O)(Cl)OC(=O)c1c(Br)c(Br)c(Br)c(Br)c1C([O])=O. The van der Waals surface area contributed by atoms with E-state index in [9.17, 15) is 19.8 Å². The molecule has 0 saturated heterocycles. The third-order valence-corrected chi connectivity index (χ3v) is 7.47. The van der Waals surface area contributed by atoms with Gasteiger partial charge in [0.2, 0.25) is 0 Å². The van der Waals surface area contributed by atoms with Crippen molar-refractivity contribution < 1.29 is 24.5 Å². The maximum absolute atomic E-state index is 12.1. The second-order valence-electron chi connectivity index (χ2n) is 3.73. The first-order valence-corrected chi connectivity index (χ1v) is 8.80. The van der Waals surface area contributed by atoms with Crippen molar-refractivity contribution in [2.75, 3.05) is 0 Å². The Morgan fingerprint density at radius 1 is 1.10 bits per heavy atom. The van der Waals surface area contributed by atoms with Crippen LogP contribution in [-0.2, 0) is 9.84 Å². The molecule has 1 aromatic rings. The Kier molecular flexibility index (Phi) is 6.71. The molecule has 1 aromatic carbocycles.